The van der Waals surface area contributed by atoms with Gasteiger partial charge in [-0.3, -0.25) is 4.79 Å². The van der Waals surface area contributed by atoms with Gasteiger partial charge in [-0.25, -0.2) is 0 Å². The number of halogens is 1. The lowest BCUT2D eigenvalue weighted by molar-refractivity contribution is -0.138. The van der Waals surface area contributed by atoms with Gasteiger partial charge in [0.1, 0.15) is 17.5 Å². The summed E-state index contributed by atoms with van der Waals surface area (Å²) in [5, 5.41) is 50.7. The summed E-state index contributed by atoms with van der Waals surface area (Å²) in [6.45, 7) is 0.736. The molecule has 1 atom stereocenters. The highest BCUT2D eigenvalue weighted by Gasteiger charge is 2.20. The van der Waals surface area contributed by atoms with Crippen molar-refractivity contribution in [2.75, 3.05) is 31.8 Å². The Balaban J connectivity index is -0.000000361. The molecule has 9 nitrogen and oxygen atoms in total. The minimum Gasteiger partial charge on any atom is -0.508 e. The molecule has 0 unspecified atom stereocenters. The fraction of sp³-hybridized carbons (Fsp3) is 0.409. The third kappa shape index (κ3) is 21.6. The highest BCUT2D eigenvalue weighted by Crippen LogP contribution is 2.08. The summed E-state index contributed by atoms with van der Waals surface area (Å²) in [6.07, 6.45) is 2.48. The molecular weight excluding hydrogens is 472 g/mol. The van der Waals surface area contributed by atoms with Crippen molar-refractivity contribution in [2.24, 2.45) is 11.5 Å². The van der Waals surface area contributed by atoms with Gasteiger partial charge in [-0.2, -0.15) is 11.8 Å². The molecule has 0 fully saturated rings. The maximum absolute atomic E-state index is 10.1. The molecule has 190 valence electrons. The molecule has 10 N–H and O–H groups in total. The topological polar surface area (TPSA) is 190 Å². The van der Waals surface area contributed by atoms with Crippen molar-refractivity contribution in [3.05, 3.63) is 60.2 Å². The van der Waals surface area contributed by atoms with Crippen LogP contribution in [0.5, 0.6) is 11.5 Å². The van der Waals surface area contributed by atoms with Crippen molar-refractivity contribution in [2.45, 2.75) is 24.9 Å². The zero-order valence-corrected chi connectivity index (χ0v) is 20.5. The smallest absolute Gasteiger partial charge is 0.320 e. The first-order valence-corrected chi connectivity index (χ1v) is 11.0. The second kappa shape index (κ2) is 21.8. The monoisotopic (exact) mass is 508 g/mol. The van der Waals surface area contributed by atoms with Gasteiger partial charge < -0.3 is 42.1 Å². The van der Waals surface area contributed by atoms with Crippen LogP contribution in [0.25, 0.3) is 0 Å². The number of hydrogen-bond acceptors (Lipinski definition) is 9. The summed E-state index contributed by atoms with van der Waals surface area (Å²) in [6, 6.07) is 15.2. The Bertz CT molecular complexity index is 697. The first kappa shape index (κ1) is 35.5. The second-order valence-electron chi connectivity index (χ2n) is 6.74. The minimum atomic E-state index is -1.21. The van der Waals surface area contributed by atoms with Gasteiger partial charge in [-0.05, 0) is 55.2 Å². The Morgan fingerprint density at radius 2 is 1.45 bits per heavy atom. The Labute approximate surface area is 205 Å². The van der Waals surface area contributed by atoms with E-state index in [-0.39, 0.29) is 12.4 Å². The zero-order valence-electron chi connectivity index (χ0n) is 18.9. The first-order chi connectivity index (χ1) is 15.0. The molecule has 0 aliphatic heterocycles. The maximum atomic E-state index is 10.1. The van der Waals surface area contributed by atoms with Crippen LogP contribution in [0, 0.1) is 6.92 Å². The second-order valence-corrected chi connectivity index (χ2v) is 7.72. The number of carboxylic acids is 1. The van der Waals surface area contributed by atoms with E-state index in [0.29, 0.717) is 17.9 Å². The van der Waals surface area contributed by atoms with Crippen molar-refractivity contribution in [1.82, 2.24) is 0 Å². The highest BCUT2D eigenvalue weighted by molar-refractivity contribution is 7.98. The van der Waals surface area contributed by atoms with Crippen LogP contribution in [-0.4, -0.2) is 80.0 Å². The van der Waals surface area contributed by atoms with Crippen LogP contribution in [0.15, 0.2) is 54.6 Å². The third-order valence-electron chi connectivity index (χ3n) is 3.65. The van der Waals surface area contributed by atoms with Gasteiger partial charge in [0, 0.05) is 0 Å². The number of para-hydroxylation sites is 1. The van der Waals surface area contributed by atoms with E-state index >= 15 is 0 Å². The highest BCUT2D eigenvalue weighted by atomic mass is 35.5. The van der Waals surface area contributed by atoms with Gasteiger partial charge in [-0.15, -0.1) is 12.4 Å². The molecule has 0 radical (unpaired) electrons. The normalized spacial score (nSPS) is 10.5. The SMILES string of the molecule is CSCC[C@H](N)C(=O)O.Cc1cccc(O)c1.Cl.NC(CO)(CO)CO.Oc1ccccc1. The van der Waals surface area contributed by atoms with Crippen molar-refractivity contribution in [3.8, 4) is 11.5 Å². The van der Waals surface area contributed by atoms with Crippen LogP contribution in [0.2, 0.25) is 0 Å². The summed E-state index contributed by atoms with van der Waals surface area (Å²) < 4.78 is 0. The van der Waals surface area contributed by atoms with Gasteiger partial charge in [0.25, 0.3) is 0 Å². The standard InChI is InChI=1S/C7H8O.C6H6O.C5H11NO2S.C4H11NO3.ClH/c1-6-3-2-4-7(8)5-6;7-6-4-2-1-3-5-6;1-9-3-2-4(6)5(7)8;5-4(1-6,2-7)3-8;/h2-5,8H,1H3;1-5,7H;4H,2-3,6H2,1H3,(H,7,8);6-8H,1-3,5H2;1H/t;;4-;;/m..0../s1. The summed E-state index contributed by atoms with van der Waals surface area (Å²) in [5.74, 6) is 0.560. The number of carbonyl (C=O) groups is 1. The Hall–Kier alpha value is -2.05. The number of aliphatic carboxylic acids is 1. The fourth-order valence-electron chi connectivity index (χ4n) is 1.57. The quantitative estimate of drug-likeness (QED) is 0.270. The zero-order chi connectivity index (χ0) is 25.0. The van der Waals surface area contributed by atoms with E-state index in [1.54, 1.807) is 48.2 Å². The number of aromatic hydroxyl groups is 2. The number of rotatable bonds is 7. The van der Waals surface area contributed by atoms with E-state index in [0.717, 1.165) is 11.3 Å². The number of hydrogen-bond donors (Lipinski definition) is 8. The molecule has 0 saturated heterocycles. The summed E-state index contributed by atoms with van der Waals surface area (Å²) in [5.41, 5.74) is 10.2. The van der Waals surface area contributed by atoms with E-state index in [4.69, 9.17) is 42.1 Å². The average molecular weight is 509 g/mol. The fourth-order valence-corrected chi connectivity index (χ4v) is 2.06. The lowest BCUT2D eigenvalue weighted by atomic mass is 10.1. The van der Waals surface area contributed by atoms with E-state index in [1.807, 2.05) is 31.4 Å². The summed E-state index contributed by atoms with van der Waals surface area (Å²) in [7, 11) is 0. The first-order valence-electron chi connectivity index (χ1n) is 9.63. The van der Waals surface area contributed by atoms with Crippen LogP contribution >= 0.6 is 24.2 Å². The van der Waals surface area contributed by atoms with E-state index in [9.17, 15) is 4.79 Å². The largest absolute Gasteiger partial charge is 0.508 e. The van der Waals surface area contributed by atoms with Crippen LogP contribution in [0.1, 0.15) is 12.0 Å². The molecule has 2 aromatic rings. The summed E-state index contributed by atoms with van der Waals surface area (Å²) >= 11 is 1.60. The number of aliphatic hydroxyl groups excluding tert-OH is 3. The maximum Gasteiger partial charge on any atom is 0.320 e. The van der Waals surface area contributed by atoms with Gasteiger partial charge in [0.05, 0.1) is 25.4 Å². The minimum absolute atomic E-state index is 0. The molecule has 0 aliphatic carbocycles. The predicted molar refractivity (Wildman–Crippen MR) is 135 cm³/mol. The molecule has 0 amide bonds. The molecule has 0 aliphatic rings. The van der Waals surface area contributed by atoms with Gasteiger partial charge in [-0.1, -0.05) is 30.3 Å². The molecular formula is C22H37ClN2O7S. The number of benzene rings is 2. The average Bonchev–Trinajstić information content (AvgIpc) is 2.78. The molecule has 0 bridgehead atoms. The Morgan fingerprint density at radius 1 is 0.970 bits per heavy atom. The van der Waals surface area contributed by atoms with Gasteiger partial charge >= 0.3 is 5.97 Å². The van der Waals surface area contributed by atoms with Crippen LogP contribution in [0.4, 0.5) is 0 Å². The van der Waals surface area contributed by atoms with E-state index in [1.165, 1.54) is 0 Å². The molecule has 0 saturated carbocycles. The van der Waals surface area contributed by atoms with Gasteiger partial charge in [0.2, 0.25) is 0 Å². The molecule has 0 heterocycles. The summed E-state index contributed by atoms with van der Waals surface area (Å²) in [4.78, 5) is 10.1. The van der Waals surface area contributed by atoms with Gasteiger partial charge in [0.15, 0.2) is 0 Å². The lowest BCUT2D eigenvalue weighted by Gasteiger charge is -2.20. The van der Waals surface area contributed by atoms with Crippen molar-refractivity contribution < 1.29 is 35.4 Å². The van der Waals surface area contributed by atoms with Crippen LogP contribution in [-0.2, 0) is 4.79 Å². The molecule has 11 heteroatoms. The van der Waals surface area contributed by atoms with Crippen molar-refractivity contribution in [1.29, 1.82) is 0 Å². The molecule has 2 rings (SSSR count). The molecule has 33 heavy (non-hydrogen) atoms. The number of nitrogens with two attached hydrogens (primary N) is 2. The van der Waals surface area contributed by atoms with Crippen molar-refractivity contribution in [3.63, 3.8) is 0 Å². The third-order valence-corrected chi connectivity index (χ3v) is 4.30. The number of carboxylic acid groups (broad SMARTS) is 1. The molecule has 2 aromatic carbocycles. The van der Waals surface area contributed by atoms with E-state index in [2.05, 4.69) is 0 Å². The predicted octanol–water partition coefficient (Wildman–Crippen LogP) is 1.33. The Morgan fingerprint density at radius 3 is 1.70 bits per heavy atom. The Kier molecular flexibility index (Phi) is 23.5. The number of phenolic OH excluding ortho intramolecular Hbond substituents is 2. The number of aliphatic hydroxyl groups is 3. The van der Waals surface area contributed by atoms with Crippen LogP contribution < -0.4 is 11.5 Å². The molecule has 0 spiro atoms. The van der Waals surface area contributed by atoms with Crippen LogP contribution in [0.3, 0.4) is 0 Å². The van der Waals surface area contributed by atoms with E-state index < -0.39 is 37.4 Å². The number of aryl methyl sites for hydroxylation is 1. The number of phenols is 2. The lowest BCUT2D eigenvalue weighted by Crippen LogP contribution is -2.50. The molecule has 0 aromatic heterocycles. The number of thioether (sulfide) groups is 1. The van der Waals surface area contributed by atoms with Crippen molar-refractivity contribution >= 4 is 30.1 Å².